The van der Waals surface area contributed by atoms with Crippen LogP contribution in [0.2, 0.25) is 0 Å². The molecule has 6 nitrogen and oxygen atoms in total. The highest BCUT2D eigenvalue weighted by atomic mass is 32.2. The average molecular weight is 352 g/mol. The number of carbonyl (C=O) groups is 2. The molecule has 0 aliphatic heterocycles. The summed E-state index contributed by atoms with van der Waals surface area (Å²) in [6.45, 7) is 0. The van der Waals surface area contributed by atoms with Gasteiger partial charge in [0.15, 0.2) is 5.16 Å². The van der Waals surface area contributed by atoms with E-state index >= 15 is 0 Å². The van der Waals surface area contributed by atoms with Crippen LogP contribution in [-0.2, 0) is 4.79 Å². The van der Waals surface area contributed by atoms with Gasteiger partial charge in [-0.05, 0) is 17.7 Å². The third kappa shape index (κ3) is 4.95. The largest absolute Gasteiger partial charge is 0.333 e. The van der Waals surface area contributed by atoms with Gasteiger partial charge >= 0.3 is 6.03 Å². The fraction of sp³-hybridized carbons (Fsp3) is 0.0556. The first kappa shape index (κ1) is 16.8. The van der Waals surface area contributed by atoms with Crippen LogP contribution in [0.3, 0.4) is 0 Å². The van der Waals surface area contributed by atoms with Crippen LogP contribution in [-0.4, -0.2) is 27.7 Å². The van der Waals surface area contributed by atoms with Crippen molar-refractivity contribution in [2.45, 2.75) is 5.16 Å². The van der Waals surface area contributed by atoms with Crippen molar-refractivity contribution in [3.63, 3.8) is 0 Å². The summed E-state index contributed by atoms with van der Waals surface area (Å²) < 4.78 is 0. The van der Waals surface area contributed by atoms with Crippen molar-refractivity contribution in [2.24, 2.45) is 0 Å². The van der Waals surface area contributed by atoms with Crippen LogP contribution in [0.25, 0.3) is 11.3 Å². The summed E-state index contributed by atoms with van der Waals surface area (Å²) in [5.74, 6) is -0.305. The zero-order chi connectivity index (χ0) is 17.5. The molecular formula is C18H16N4O2S. The van der Waals surface area contributed by atoms with E-state index in [0.717, 1.165) is 11.3 Å². The van der Waals surface area contributed by atoms with Gasteiger partial charge in [0.25, 0.3) is 0 Å². The number of nitrogens with one attached hydrogen (secondary N) is 3. The number of imidazole rings is 1. The number of urea groups is 1. The SMILES string of the molecule is O=C(CSc1ncc(-c2ccccc2)[nH]1)NC(=O)Nc1ccccc1. The van der Waals surface area contributed by atoms with E-state index in [4.69, 9.17) is 0 Å². The lowest BCUT2D eigenvalue weighted by atomic mass is 10.2. The average Bonchev–Trinajstić information content (AvgIpc) is 3.10. The number of nitrogens with zero attached hydrogens (tertiary/aromatic N) is 1. The first-order valence-corrected chi connectivity index (χ1v) is 8.58. The zero-order valence-electron chi connectivity index (χ0n) is 13.2. The molecule has 1 heterocycles. The minimum atomic E-state index is -0.554. The molecule has 25 heavy (non-hydrogen) atoms. The van der Waals surface area contributed by atoms with Crippen LogP contribution in [0.4, 0.5) is 10.5 Å². The quantitative estimate of drug-likeness (QED) is 0.613. The molecule has 0 radical (unpaired) electrons. The number of benzene rings is 2. The molecule has 0 saturated carbocycles. The zero-order valence-corrected chi connectivity index (χ0v) is 14.0. The predicted molar refractivity (Wildman–Crippen MR) is 98.4 cm³/mol. The van der Waals surface area contributed by atoms with Crippen LogP contribution < -0.4 is 10.6 Å². The molecule has 3 N–H and O–H groups in total. The summed E-state index contributed by atoms with van der Waals surface area (Å²) in [5.41, 5.74) is 2.53. The lowest BCUT2D eigenvalue weighted by Gasteiger charge is -2.05. The molecule has 0 atom stereocenters. The maximum atomic E-state index is 11.9. The number of H-pyrrole nitrogens is 1. The molecule has 0 unspecified atom stereocenters. The highest BCUT2D eigenvalue weighted by Crippen LogP contribution is 2.20. The van der Waals surface area contributed by atoms with Crippen molar-refractivity contribution in [3.8, 4) is 11.3 Å². The second-order valence-electron chi connectivity index (χ2n) is 5.13. The van der Waals surface area contributed by atoms with E-state index < -0.39 is 11.9 Å². The predicted octanol–water partition coefficient (Wildman–Crippen LogP) is 3.52. The van der Waals surface area contributed by atoms with Crippen LogP contribution >= 0.6 is 11.8 Å². The van der Waals surface area contributed by atoms with Crippen molar-refractivity contribution < 1.29 is 9.59 Å². The second-order valence-corrected chi connectivity index (χ2v) is 6.09. The lowest BCUT2D eigenvalue weighted by Crippen LogP contribution is -2.35. The van der Waals surface area contributed by atoms with Crippen LogP contribution in [0.15, 0.2) is 72.0 Å². The van der Waals surface area contributed by atoms with E-state index in [0.29, 0.717) is 10.8 Å². The Kier molecular flexibility index (Phi) is 5.48. The van der Waals surface area contributed by atoms with Gasteiger partial charge in [0, 0.05) is 5.69 Å². The summed E-state index contributed by atoms with van der Waals surface area (Å²) in [4.78, 5) is 31.0. The summed E-state index contributed by atoms with van der Waals surface area (Å²) in [7, 11) is 0. The number of aromatic amines is 1. The van der Waals surface area contributed by atoms with Gasteiger partial charge in [-0.15, -0.1) is 0 Å². The summed E-state index contributed by atoms with van der Waals surface area (Å²) in [6, 6.07) is 18.2. The van der Waals surface area contributed by atoms with Gasteiger partial charge in [0.1, 0.15) is 0 Å². The molecule has 0 fully saturated rings. The van der Waals surface area contributed by atoms with Gasteiger partial charge in [0.2, 0.25) is 5.91 Å². The smallest absolute Gasteiger partial charge is 0.325 e. The number of aromatic nitrogens is 2. The molecular weight excluding hydrogens is 336 g/mol. The number of carbonyl (C=O) groups excluding carboxylic acids is 2. The normalized spacial score (nSPS) is 10.2. The lowest BCUT2D eigenvalue weighted by molar-refractivity contribution is -0.117. The second kappa shape index (κ2) is 8.16. The molecule has 0 aliphatic rings. The number of thioether (sulfide) groups is 1. The van der Waals surface area contributed by atoms with Crippen LogP contribution in [0.1, 0.15) is 0 Å². The third-order valence-electron chi connectivity index (χ3n) is 3.26. The maximum Gasteiger partial charge on any atom is 0.325 e. The van der Waals surface area contributed by atoms with Gasteiger partial charge in [-0.3, -0.25) is 10.1 Å². The fourth-order valence-corrected chi connectivity index (χ4v) is 2.77. The van der Waals surface area contributed by atoms with Gasteiger partial charge in [-0.25, -0.2) is 9.78 Å². The van der Waals surface area contributed by atoms with E-state index in [-0.39, 0.29) is 5.75 Å². The number of rotatable bonds is 5. The molecule has 0 bridgehead atoms. The molecule has 3 aromatic rings. The van der Waals surface area contributed by atoms with Crippen molar-refractivity contribution in [1.29, 1.82) is 0 Å². The summed E-state index contributed by atoms with van der Waals surface area (Å²) in [5, 5.41) is 5.50. The Labute approximate surface area is 149 Å². The number of para-hydroxylation sites is 1. The van der Waals surface area contributed by atoms with E-state index in [1.807, 2.05) is 36.4 Å². The Balaban J connectivity index is 1.48. The molecule has 3 amide bonds. The molecule has 0 aliphatic carbocycles. The number of amides is 3. The van der Waals surface area contributed by atoms with Crippen molar-refractivity contribution in [2.75, 3.05) is 11.1 Å². The van der Waals surface area contributed by atoms with Crippen molar-refractivity contribution >= 4 is 29.4 Å². The Morgan fingerprint density at radius 1 is 1.00 bits per heavy atom. The number of hydrogen-bond donors (Lipinski definition) is 3. The first-order valence-electron chi connectivity index (χ1n) is 7.60. The topological polar surface area (TPSA) is 86.9 Å². The highest BCUT2D eigenvalue weighted by Gasteiger charge is 2.10. The monoisotopic (exact) mass is 352 g/mol. The minimum absolute atomic E-state index is 0.0873. The molecule has 2 aromatic carbocycles. The van der Waals surface area contributed by atoms with E-state index in [9.17, 15) is 9.59 Å². The number of imide groups is 1. The van der Waals surface area contributed by atoms with Gasteiger partial charge in [0.05, 0.1) is 17.6 Å². The summed E-state index contributed by atoms with van der Waals surface area (Å²) in [6.07, 6.45) is 1.72. The van der Waals surface area contributed by atoms with Crippen LogP contribution in [0.5, 0.6) is 0 Å². The summed E-state index contributed by atoms with van der Waals surface area (Å²) >= 11 is 1.23. The Hall–Kier alpha value is -3.06. The highest BCUT2D eigenvalue weighted by molar-refractivity contribution is 7.99. The van der Waals surface area contributed by atoms with E-state index in [2.05, 4.69) is 20.6 Å². The Morgan fingerprint density at radius 3 is 2.40 bits per heavy atom. The minimum Gasteiger partial charge on any atom is -0.333 e. The van der Waals surface area contributed by atoms with Gasteiger partial charge in [-0.2, -0.15) is 0 Å². The maximum absolute atomic E-state index is 11.9. The molecule has 3 rings (SSSR count). The Morgan fingerprint density at radius 2 is 1.68 bits per heavy atom. The van der Waals surface area contributed by atoms with Crippen molar-refractivity contribution in [3.05, 3.63) is 66.9 Å². The Bertz CT molecular complexity index is 850. The first-order chi connectivity index (χ1) is 12.2. The van der Waals surface area contributed by atoms with E-state index in [1.165, 1.54) is 11.8 Å². The molecule has 0 spiro atoms. The fourth-order valence-electron chi connectivity index (χ4n) is 2.12. The number of hydrogen-bond acceptors (Lipinski definition) is 4. The molecule has 1 aromatic heterocycles. The van der Waals surface area contributed by atoms with Crippen LogP contribution in [0, 0.1) is 0 Å². The van der Waals surface area contributed by atoms with Gasteiger partial charge < -0.3 is 10.3 Å². The molecule has 0 saturated heterocycles. The van der Waals surface area contributed by atoms with E-state index in [1.54, 1.807) is 30.5 Å². The molecule has 7 heteroatoms. The third-order valence-corrected chi connectivity index (χ3v) is 4.15. The van der Waals surface area contributed by atoms with Gasteiger partial charge in [-0.1, -0.05) is 60.3 Å². The molecule has 126 valence electrons. The standard InChI is InChI=1S/C18H16N4O2S/c23-16(22-17(24)20-14-9-5-2-6-10-14)12-25-18-19-11-15(21-18)13-7-3-1-4-8-13/h1-11H,12H2,(H,19,21)(H2,20,22,23,24). The number of anilines is 1. The van der Waals surface area contributed by atoms with Crippen molar-refractivity contribution in [1.82, 2.24) is 15.3 Å².